The summed E-state index contributed by atoms with van der Waals surface area (Å²) in [5, 5.41) is 5.03. The highest BCUT2D eigenvalue weighted by Gasteiger charge is 2.22. The molecule has 0 radical (unpaired) electrons. The first kappa shape index (κ1) is 18.9. The quantitative estimate of drug-likeness (QED) is 0.665. The van der Waals surface area contributed by atoms with E-state index in [4.69, 9.17) is 4.74 Å². The molecule has 1 atom stereocenters. The third kappa shape index (κ3) is 5.22. The Morgan fingerprint density at radius 1 is 1.30 bits per heavy atom. The highest BCUT2D eigenvalue weighted by Crippen LogP contribution is 2.27. The van der Waals surface area contributed by atoms with E-state index in [1.807, 2.05) is 0 Å². The van der Waals surface area contributed by atoms with Gasteiger partial charge in [0, 0.05) is 13.5 Å². The zero-order valence-electron chi connectivity index (χ0n) is 13.5. The lowest BCUT2D eigenvalue weighted by Gasteiger charge is -2.15. The molecule has 3 N–H and O–H groups in total. The van der Waals surface area contributed by atoms with Gasteiger partial charge in [0.15, 0.2) is 0 Å². The van der Waals surface area contributed by atoms with Gasteiger partial charge in [-0.3, -0.25) is 9.59 Å². The van der Waals surface area contributed by atoms with E-state index in [1.165, 1.54) is 39.2 Å². The summed E-state index contributed by atoms with van der Waals surface area (Å²) < 4.78 is 32.0. The molecular formula is C14H21N3O5S. The Kier molecular flexibility index (Phi) is 6.52. The van der Waals surface area contributed by atoms with Crippen LogP contribution in [0.25, 0.3) is 0 Å². The molecule has 9 heteroatoms. The van der Waals surface area contributed by atoms with E-state index < -0.39 is 22.0 Å². The average molecular weight is 343 g/mol. The number of likely N-dealkylation sites (N-methyl/N-ethyl adjacent to an activating group) is 1. The van der Waals surface area contributed by atoms with Gasteiger partial charge in [0.05, 0.1) is 23.7 Å². The van der Waals surface area contributed by atoms with E-state index in [-0.39, 0.29) is 16.5 Å². The first-order chi connectivity index (χ1) is 10.7. The zero-order chi connectivity index (χ0) is 17.6. The number of hydrogen-bond acceptors (Lipinski definition) is 5. The number of benzene rings is 1. The molecule has 128 valence electrons. The zero-order valence-corrected chi connectivity index (χ0v) is 14.3. The lowest BCUT2D eigenvalue weighted by molar-refractivity contribution is -0.122. The van der Waals surface area contributed by atoms with E-state index in [2.05, 4.69) is 15.4 Å². The predicted molar refractivity (Wildman–Crippen MR) is 85.8 cm³/mol. The van der Waals surface area contributed by atoms with Gasteiger partial charge in [0.2, 0.25) is 21.8 Å². The van der Waals surface area contributed by atoms with Crippen LogP contribution in [0.5, 0.6) is 5.75 Å². The molecule has 1 aromatic carbocycles. The standard InChI is InChI=1S/C14H21N3O5S/c1-5-15-14(19)9(2)17-23(20,21)11-6-7-13(22-4)12(8-11)16-10(3)18/h6-9,17H,5H2,1-4H3,(H,15,19)(H,16,18)/t9-/m0/s1. The molecule has 1 rings (SSSR count). The molecule has 0 aliphatic rings. The minimum absolute atomic E-state index is 0.0850. The van der Waals surface area contributed by atoms with Crippen LogP contribution in [0.3, 0.4) is 0 Å². The number of carbonyl (C=O) groups is 2. The highest BCUT2D eigenvalue weighted by molar-refractivity contribution is 7.89. The topological polar surface area (TPSA) is 114 Å². The average Bonchev–Trinajstić information content (AvgIpc) is 2.46. The van der Waals surface area contributed by atoms with Crippen LogP contribution >= 0.6 is 0 Å². The van der Waals surface area contributed by atoms with Gasteiger partial charge < -0.3 is 15.4 Å². The number of nitrogens with one attached hydrogen (secondary N) is 3. The third-order valence-electron chi connectivity index (χ3n) is 2.87. The number of ether oxygens (including phenoxy) is 1. The second-order valence-corrected chi connectivity index (χ2v) is 6.49. The summed E-state index contributed by atoms with van der Waals surface area (Å²) in [5.41, 5.74) is 0.230. The molecule has 0 saturated carbocycles. The van der Waals surface area contributed by atoms with Crippen molar-refractivity contribution >= 4 is 27.5 Å². The van der Waals surface area contributed by atoms with Crippen LogP contribution in [0.1, 0.15) is 20.8 Å². The molecule has 0 spiro atoms. The van der Waals surface area contributed by atoms with Crippen molar-refractivity contribution in [2.45, 2.75) is 31.7 Å². The fourth-order valence-corrected chi connectivity index (χ4v) is 3.05. The van der Waals surface area contributed by atoms with E-state index in [1.54, 1.807) is 6.92 Å². The summed E-state index contributed by atoms with van der Waals surface area (Å²) in [4.78, 5) is 22.8. The maximum Gasteiger partial charge on any atom is 0.241 e. The van der Waals surface area contributed by atoms with Crippen molar-refractivity contribution in [1.82, 2.24) is 10.0 Å². The molecule has 0 aliphatic carbocycles. The molecule has 0 heterocycles. The fourth-order valence-electron chi connectivity index (χ4n) is 1.82. The van der Waals surface area contributed by atoms with E-state index in [9.17, 15) is 18.0 Å². The number of amides is 2. The molecule has 0 aliphatic heterocycles. The fraction of sp³-hybridized carbons (Fsp3) is 0.429. The van der Waals surface area contributed by atoms with Gasteiger partial charge >= 0.3 is 0 Å². The minimum atomic E-state index is -3.92. The van der Waals surface area contributed by atoms with Gasteiger partial charge in [-0.2, -0.15) is 4.72 Å². The van der Waals surface area contributed by atoms with Gasteiger partial charge in [-0.1, -0.05) is 0 Å². The summed E-state index contributed by atoms with van der Waals surface area (Å²) in [6.07, 6.45) is 0. The van der Waals surface area contributed by atoms with Crippen molar-refractivity contribution in [2.24, 2.45) is 0 Å². The van der Waals surface area contributed by atoms with Crippen molar-refractivity contribution < 1.29 is 22.7 Å². The van der Waals surface area contributed by atoms with Crippen LogP contribution in [0, 0.1) is 0 Å². The van der Waals surface area contributed by atoms with Gasteiger partial charge in [0.25, 0.3) is 0 Å². The third-order valence-corrected chi connectivity index (χ3v) is 4.41. The van der Waals surface area contributed by atoms with Crippen LogP contribution in [0.2, 0.25) is 0 Å². The number of methoxy groups -OCH3 is 1. The van der Waals surface area contributed by atoms with Crippen molar-refractivity contribution in [2.75, 3.05) is 19.0 Å². The summed E-state index contributed by atoms with van der Waals surface area (Å²) in [5.74, 6) is -0.455. The van der Waals surface area contributed by atoms with Crippen molar-refractivity contribution in [3.8, 4) is 5.75 Å². The van der Waals surface area contributed by atoms with Crippen LogP contribution < -0.4 is 20.1 Å². The minimum Gasteiger partial charge on any atom is -0.495 e. The Morgan fingerprint density at radius 2 is 1.96 bits per heavy atom. The number of sulfonamides is 1. The first-order valence-corrected chi connectivity index (χ1v) is 8.45. The molecule has 0 saturated heterocycles. The smallest absolute Gasteiger partial charge is 0.241 e. The van der Waals surface area contributed by atoms with Crippen molar-refractivity contribution in [1.29, 1.82) is 0 Å². The van der Waals surface area contributed by atoms with E-state index in [0.29, 0.717) is 12.3 Å². The van der Waals surface area contributed by atoms with Gasteiger partial charge in [-0.15, -0.1) is 0 Å². The summed E-state index contributed by atoms with van der Waals surface area (Å²) >= 11 is 0. The van der Waals surface area contributed by atoms with Gasteiger partial charge in [0.1, 0.15) is 5.75 Å². The molecule has 0 fully saturated rings. The first-order valence-electron chi connectivity index (χ1n) is 6.97. The lowest BCUT2D eigenvalue weighted by atomic mass is 10.3. The van der Waals surface area contributed by atoms with Crippen LogP contribution in [0.4, 0.5) is 5.69 Å². The highest BCUT2D eigenvalue weighted by atomic mass is 32.2. The summed E-state index contributed by atoms with van der Waals surface area (Å²) in [6, 6.07) is 3.10. The van der Waals surface area contributed by atoms with Crippen LogP contribution in [-0.4, -0.2) is 39.9 Å². The molecule has 0 unspecified atom stereocenters. The Balaban J connectivity index is 3.08. The Bertz CT molecular complexity index is 688. The Morgan fingerprint density at radius 3 is 2.48 bits per heavy atom. The summed E-state index contributed by atoms with van der Waals surface area (Å²) in [7, 11) is -2.52. The number of hydrogen-bond donors (Lipinski definition) is 3. The molecule has 8 nitrogen and oxygen atoms in total. The number of rotatable bonds is 7. The SMILES string of the molecule is CCNC(=O)[C@H](C)NS(=O)(=O)c1ccc(OC)c(NC(C)=O)c1. The van der Waals surface area contributed by atoms with E-state index >= 15 is 0 Å². The molecule has 2 amide bonds. The molecular weight excluding hydrogens is 322 g/mol. The molecule has 0 bridgehead atoms. The lowest BCUT2D eigenvalue weighted by Crippen LogP contribution is -2.44. The maximum atomic E-state index is 12.3. The summed E-state index contributed by atoms with van der Waals surface area (Å²) in [6.45, 7) is 4.89. The van der Waals surface area contributed by atoms with Crippen LogP contribution in [0.15, 0.2) is 23.1 Å². The maximum absolute atomic E-state index is 12.3. The van der Waals surface area contributed by atoms with Crippen molar-refractivity contribution in [3.05, 3.63) is 18.2 Å². The monoisotopic (exact) mass is 343 g/mol. The Hall–Kier alpha value is -2.13. The largest absolute Gasteiger partial charge is 0.495 e. The van der Waals surface area contributed by atoms with Crippen LogP contribution in [-0.2, 0) is 19.6 Å². The predicted octanol–water partition coefficient (Wildman–Crippen LogP) is 0.456. The van der Waals surface area contributed by atoms with Gasteiger partial charge in [-0.25, -0.2) is 8.42 Å². The van der Waals surface area contributed by atoms with Crippen molar-refractivity contribution in [3.63, 3.8) is 0 Å². The normalized spacial score (nSPS) is 12.3. The molecule has 23 heavy (non-hydrogen) atoms. The second-order valence-electron chi connectivity index (χ2n) is 4.78. The molecule has 0 aromatic heterocycles. The van der Waals surface area contributed by atoms with E-state index in [0.717, 1.165) is 0 Å². The van der Waals surface area contributed by atoms with Gasteiger partial charge in [-0.05, 0) is 32.0 Å². The number of anilines is 1. The Labute approximate surface area is 135 Å². The second kappa shape index (κ2) is 7.93. The molecule has 1 aromatic rings. The number of carbonyl (C=O) groups excluding carboxylic acids is 2.